The summed E-state index contributed by atoms with van der Waals surface area (Å²) < 4.78 is 1.15. The van der Waals surface area contributed by atoms with Crippen molar-refractivity contribution in [3.8, 4) is 0 Å². The lowest BCUT2D eigenvalue weighted by atomic mass is 10.00. The van der Waals surface area contributed by atoms with Crippen molar-refractivity contribution in [3.63, 3.8) is 0 Å². The average Bonchev–Trinajstić information content (AvgIpc) is 2.23. The summed E-state index contributed by atoms with van der Waals surface area (Å²) >= 11 is 3.52. The average molecular weight is 299 g/mol. The molecule has 2 nitrogen and oxygen atoms in total. The van der Waals surface area contributed by atoms with Gasteiger partial charge < -0.3 is 11.1 Å². The van der Waals surface area contributed by atoms with Crippen molar-refractivity contribution in [1.82, 2.24) is 5.32 Å². The Bertz CT molecular complexity index is 361. The lowest BCUT2D eigenvalue weighted by Gasteiger charge is -2.26. The second-order valence-corrected chi connectivity index (χ2v) is 6.09. The minimum Gasteiger partial charge on any atom is -0.330 e. The highest BCUT2D eigenvalue weighted by Gasteiger charge is 2.14. The molecule has 0 aromatic heterocycles. The van der Waals surface area contributed by atoms with Crippen molar-refractivity contribution in [3.05, 3.63) is 33.8 Å². The number of hydrogen-bond acceptors (Lipinski definition) is 2. The van der Waals surface area contributed by atoms with Crippen molar-refractivity contribution < 1.29 is 0 Å². The molecule has 0 radical (unpaired) electrons. The molecule has 0 heterocycles. The van der Waals surface area contributed by atoms with Gasteiger partial charge in [-0.25, -0.2) is 0 Å². The molecule has 1 rings (SSSR count). The van der Waals surface area contributed by atoms with Crippen molar-refractivity contribution in [1.29, 1.82) is 0 Å². The summed E-state index contributed by atoms with van der Waals surface area (Å²) in [5, 5.41) is 3.56. The zero-order valence-electron chi connectivity index (χ0n) is 11.0. The van der Waals surface area contributed by atoms with Crippen LogP contribution in [-0.2, 0) is 6.42 Å². The molecule has 17 heavy (non-hydrogen) atoms. The minimum absolute atomic E-state index is 0.134. The van der Waals surface area contributed by atoms with Crippen LogP contribution in [0.1, 0.15) is 31.4 Å². The maximum absolute atomic E-state index is 5.60. The van der Waals surface area contributed by atoms with Crippen LogP contribution in [0.25, 0.3) is 0 Å². The highest BCUT2D eigenvalue weighted by molar-refractivity contribution is 9.10. The fourth-order valence-electron chi connectivity index (χ4n) is 1.89. The van der Waals surface area contributed by atoms with Gasteiger partial charge in [-0.1, -0.05) is 22.0 Å². The first-order valence-corrected chi connectivity index (χ1v) is 6.94. The van der Waals surface area contributed by atoms with Crippen LogP contribution < -0.4 is 11.1 Å². The van der Waals surface area contributed by atoms with Gasteiger partial charge >= 0.3 is 0 Å². The van der Waals surface area contributed by atoms with Crippen LogP contribution in [0.4, 0.5) is 0 Å². The second-order valence-electron chi connectivity index (χ2n) is 5.17. The third kappa shape index (κ3) is 5.19. The largest absolute Gasteiger partial charge is 0.330 e. The molecular formula is C14H23BrN2. The summed E-state index contributed by atoms with van der Waals surface area (Å²) in [4.78, 5) is 0. The number of halogens is 1. The molecule has 0 saturated carbocycles. The Kier molecular flexibility index (Phi) is 5.63. The summed E-state index contributed by atoms with van der Waals surface area (Å²) in [6, 6.07) is 6.45. The van der Waals surface area contributed by atoms with Gasteiger partial charge in [0.05, 0.1) is 0 Å². The molecule has 0 fully saturated rings. The highest BCUT2D eigenvalue weighted by atomic mass is 79.9. The van der Waals surface area contributed by atoms with Gasteiger partial charge in [-0.3, -0.25) is 0 Å². The zero-order chi connectivity index (χ0) is 12.9. The Hall–Kier alpha value is -0.380. The topological polar surface area (TPSA) is 38.0 Å². The van der Waals surface area contributed by atoms with Gasteiger partial charge in [0.25, 0.3) is 0 Å². The van der Waals surface area contributed by atoms with E-state index >= 15 is 0 Å². The quantitative estimate of drug-likeness (QED) is 0.847. The van der Waals surface area contributed by atoms with Gasteiger partial charge in [-0.2, -0.15) is 0 Å². The monoisotopic (exact) mass is 298 g/mol. The Labute approximate surface area is 113 Å². The van der Waals surface area contributed by atoms with E-state index in [-0.39, 0.29) is 5.54 Å². The Morgan fingerprint density at radius 3 is 2.71 bits per heavy atom. The SMILES string of the molecule is Cc1ccc(Br)cc1CCNC(C)(C)CCN. The number of benzene rings is 1. The molecule has 1 aromatic carbocycles. The third-order valence-electron chi connectivity index (χ3n) is 3.08. The van der Waals surface area contributed by atoms with E-state index in [4.69, 9.17) is 5.73 Å². The number of rotatable bonds is 6. The first-order valence-electron chi connectivity index (χ1n) is 6.15. The number of nitrogens with two attached hydrogens (primary N) is 1. The van der Waals surface area contributed by atoms with Gasteiger partial charge in [0.1, 0.15) is 0 Å². The van der Waals surface area contributed by atoms with Crippen LogP contribution in [0, 0.1) is 6.92 Å². The molecule has 0 amide bonds. The van der Waals surface area contributed by atoms with E-state index in [1.54, 1.807) is 0 Å². The zero-order valence-corrected chi connectivity index (χ0v) is 12.6. The van der Waals surface area contributed by atoms with Crippen molar-refractivity contribution >= 4 is 15.9 Å². The van der Waals surface area contributed by atoms with Crippen molar-refractivity contribution in [2.75, 3.05) is 13.1 Å². The van der Waals surface area contributed by atoms with Gasteiger partial charge in [-0.05, 0) is 70.0 Å². The standard InChI is InChI=1S/C14H23BrN2/c1-11-4-5-13(15)10-12(11)6-9-17-14(2,3)7-8-16/h4-5,10,17H,6-9,16H2,1-3H3. The van der Waals surface area contributed by atoms with Crippen LogP contribution in [-0.4, -0.2) is 18.6 Å². The van der Waals surface area contributed by atoms with Crippen LogP contribution in [0.3, 0.4) is 0 Å². The van der Waals surface area contributed by atoms with E-state index in [9.17, 15) is 0 Å². The van der Waals surface area contributed by atoms with E-state index in [2.05, 4.69) is 60.2 Å². The molecule has 3 N–H and O–H groups in total. The lowest BCUT2D eigenvalue weighted by Crippen LogP contribution is -2.42. The molecule has 96 valence electrons. The molecule has 0 unspecified atom stereocenters. The summed E-state index contributed by atoms with van der Waals surface area (Å²) in [5.41, 5.74) is 8.48. The predicted octanol–water partition coefficient (Wildman–Crippen LogP) is 3.02. The maximum atomic E-state index is 5.60. The summed E-state index contributed by atoms with van der Waals surface area (Å²) in [7, 11) is 0. The Balaban J connectivity index is 2.48. The van der Waals surface area contributed by atoms with E-state index in [1.807, 2.05) is 0 Å². The molecule has 0 aliphatic rings. The molecule has 0 atom stereocenters. The molecule has 1 aromatic rings. The molecule has 0 saturated heterocycles. The van der Waals surface area contributed by atoms with E-state index in [1.165, 1.54) is 11.1 Å². The van der Waals surface area contributed by atoms with Crippen LogP contribution in [0.15, 0.2) is 22.7 Å². The van der Waals surface area contributed by atoms with Gasteiger partial charge in [0.15, 0.2) is 0 Å². The van der Waals surface area contributed by atoms with Crippen LogP contribution in [0.5, 0.6) is 0 Å². The molecule has 0 spiro atoms. The maximum Gasteiger partial charge on any atom is 0.0178 e. The Morgan fingerprint density at radius 2 is 2.06 bits per heavy atom. The molecule has 3 heteroatoms. The number of nitrogens with one attached hydrogen (secondary N) is 1. The normalized spacial score (nSPS) is 11.8. The molecular weight excluding hydrogens is 276 g/mol. The second kappa shape index (κ2) is 6.53. The molecule has 0 aliphatic heterocycles. The van der Waals surface area contributed by atoms with Crippen molar-refractivity contribution in [2.45, 2.75) is 39.2 Å². The molecule has 0 aliphatic carbocycles. The summed E-state index contributed by atoms with van der Waals surface area (Å²) in [6.07, 6.45) is 2.06. The predicted molar refractivity (Wildman–Crippen MR) is 78.3 cm³/mol. The van der Waals surface area contributed by atoms with Crippen LogP contribution in [0.2, 0.25) is 0 Å². The highest BCUT2D eigenvalue weighted by Crippen LogP contribution is 2.16. The van der Waals surface area contributed by atoms with E-state index in [0.29, 0.717) is 0 Å². The first-order chi connectivity index (χ1) is 7.94. The fraction of sp³-hybridized carbons (Fsp3) is 0.571. The fourth-order valence-corrected chi connectivity index (χ4v) is 2.30. The van der Waals surface area contributed by atoms with Gasteiger partial charge in [0.2, 0.25) is 0 Å². The Morgan fingerprint density at radius 1 is 1.35 bits per heavy atom. The van der Waals surface area contributed by atoms with Crippen molar-refractivity contribution in [2.24, 2.45) is 5.73 Å². The number of hydrogen-bond donors (Lipinski definition) is 2. The van der Waals surface area contributed by atoms with Gasteiger partial charge in [-0.15, -0.1) is 0 Å². The lowest BCUT2D eigenvalue weighted by molar-refractivity contribution is 0.370. The number of aryl methyl sites for hydroxylation is 1. The minimum atomic E-state index is 0.134. The van der Waals surface area contributed by atoms with E-state index < -0.39 is 0 Å². The van der Waals surface area contributed by atoms with Gasteiger partial charge in [0, 0.05) is 10.0 Å². The smallest absolute Gasteiger partial charge is 0.0178 e. The first kappa shape index (κ1) is 14.7. The molecule has 0 bridgehead atoms. The summed E-state index contributed by atoms with van der Waals surface area (Å²) in [6.45, 7) is 8.29. The third-order valence-corrected chi connectivity index (χ3v) is 3.57. The van der Waals surface area contributed by atoms with E-state index in [0.717, 1.165) is 30.4 Å². The van der Waals surface area contributed by atoms with Crippen LogP contribution >= 0.6 is 15.9 Å². The summed E-state index contributed by atoms with van der Waals surface area (Å²) in [5.74, 6) is 0.